The highest BCUT2D eigenvalue weighted by Crippen LogP contribution is 2.37. The van der Waals surface area contributed by atoms with Crippen molar-refractivity contribution in [2.45, 2.75) is 44.3 Å². The Hall–Kier alpha value is -0.330. The fourth-order valence-corrected chi connectivity index (χ4v) is 4.74. The molecule has 0 spiro atoms. The van der Waals surface area contributed by atoms with Crippen LogP contribution in [-0.2, 0) is 14.6 Å². The molecule has 0 aromatic carbocycles. The molecule has 0 saturated carbocycles. The topological polar surface area (TPSA) is 66.5 Å². The van der Waals surface area contributed by atoms with Crippen molar-refractivity contribution in [3.8, 4) is 0 Å². The molecule has 2 heterocycles. The summed E-state index contributed by atoms with van der Waals surface area (Å²) in [7, 11) is -3.40. The Morgan fingerprint density at radius 1 is 1.24 bits per heavy atom. The molecule has 124 valence electrons. The Bertz CT molecular complexity index is 488. The van der Waals surface area contributed by atoms with E-state index in [1.807, 2.05) is 0 Å². The van der Waals surface area contributed by atoms with E-state index in [9.17, 15) is 13.2 Å². The van der Waals surface area contributed by atoms with Gasteiger partial charge < -0.3 is 10.2 Å². The van der Waals surface area contributed by atoms with E-state index in [-0.39, 0.29) is 23.7 Å². The number of piperidine rings is 1. The Morgan fingerprint density at radius 2 is 1.81 bits per heavy atom. The fourth-order valence-electron chi connectivity index (χ4n) is 3.35. The normalized spacial score (nSPS) is 29.0. The number of rotatable bonds is 3. The number of hydrogen-bond acceptors (Lipinski definition) is 4. The van der Waals surface area contributed by atoms with E-state index < -0.39 is 14.6 Å². The van der Waals surface area contributed by atoms with Crippen LogP contribution in [0.25, 0.3) is 0 Å². The summed E-state index contributed by atoms with van der Waals surface area (Å²) in [4.78, 5) is 14.7. The third-order valence-electron chi connectivity index (χ3n) is 5.21. The molecule has 0 aromatic heterocycles. The molecule has 2 aliphatic rings. The van der Waals surface area contributed by atoms with Crippen LogP contribution in [-0.4, -0.2) is 56.4 Å². The Kier molecular flexibility index (Phi) is 5.73. The van der Waals surface area contributed by atoms with Crippen LogP contribution in [0, 0.1) is 5.41 Å². The van der Waals surface area contributed by atoms with Crippen molar-refractivity contribution >= 4 is 28.2 Å². The number of carbonyl (C=O) groups is 1. The van der Waals surface area contributed by atoms with Crippen molar-refractivity contribution in [2.24, 2.45) is 5.41 Å². The van der Waals surface area contributed by atoms with Crippen molar-refractivity contribution in [3.05, 3.63) is 0 Å². The molecule has 5 nitrogen and oxygen atoms in total. The van der Waals surface area contributed by atoms with E-state index in [1.165, 1.54) is 6.26 Å². The highest BCUT2D eigenvalue weighted by Gasteiger charge is 2.52. The van der Waals surface area contributed by atoms with Gasteiger partial charge in [-0.15, -0.1) is 12.4 Å². The van der Waals surface area contributed by atoms with Gasteiger partial charge in [-0.3, -0.25) is 4.79 Å². The van der Waals surface area contributed by atoms with E-state index in [2.05, 4.69) is 19.2 Å². The van der Waals surface area contributed by atoms with Crippen LogP contribution in [0.5, 0.6) is 0 Å². The summed E-state index contributed by atoms with van der Waals surface area (Å²) >= 11 is 0. The van der Waals surface area contributed by atoms with Crippen molar-refractivity contribution < 1.29 is 13.2 Å². The van der Waals surface area contributed by atoms with Gasteiger partial charge in [-0.2, -0.15) is 0 Å². The average molecular weight is 339 g/mol. The molecule has 0 aromatic rings. The number of sulfone groups is 1. The zero-order valence-electron chi connectivity index (χ0n) is 13.1. The van der Waals surface area contributed by atoms with Gasteiger partial charge in [0.1, 0.15) is 0 Å². The van der Waals surface area contributed by atoms with Crippen LogP contribution >= 0.6 is 12.4 Å². The zero-order chi connectivity index (χ0) is 15.0. The molecule has 21 heavy (non-hydrogen) atoms. The summed E-state index contributed by atoms with van der Waals surface area (Å²) in [6.07, 6.45) is 3.98. The minimum atomic E-state index is -3.40. The van der Waals surface area contributed by atoms with Crippen LogP contribution < -0.4 is 5.32 Å². The number of carbonyl (C=O) groups excluding carboxylic acids is 1. The van der Waals surface area contributed by atoms with Crippen LogP contribution in [0.4, 0.5) is 0 Å². The third kappa shape index (κ3) is 3.37. The maximum atomic E-state index is 12.9. The minimum Gasteiger partial charge on any atom is -0.341 e. The summed E-state index contributed by atoms with van der Waals surface area (Å²) in [5.74, 6) is -0.168. The SMILES string of the molecule is CCC1(C)CCN(C(=O)C2(S(C)(=O)=O)CCNCC2)C1.Cl. The van der Waals surface area contributed by atoms with E-state index in [4.69, 9.17) is 0 Å². The molecule has 1 N–H and O–H groups in total. The standard InChI is InChI=1S/C14H26N2O3S.ClH/c1-4-13(2)7-10-16(11-13)12(17)14(20(3,18)19)5-8-15-9-6-14;/h15H,4-11H2,1-3H3;1H. The maximum Gasteiger partial charge on any atom is 0.244 e. The van der Waals surface area contributed by atoms with Gasteiger partial charge in [0.15, 0.2) is 14.6 Å². The predicted molar refractivity (Wildman–Crippen MR) is 86.5 cm³/mol. The fraction of sp³-hybridized carbons (Fsp3) is 0.929. The summed E-state index contributed by atoms with van der Waals surface area (Å²) in [6, 6.07) is 0. The molecule has 2 rings (SSSR count). The van der Waals surface area contributed by atoms with Gasteiger partial charge in [0.25, 0.3) is 0 Å². The summed E-state index contributed by atoms with van der Waals surface area (Å²) < 4.78 is 23.3. The van der Waals surface area contributed by atoms with E-state index in [0.717, 1.165) is 12.8 Å². The number of nitrogens with zero attached hydrogens (tertiary/aromatic N) is 1. The molecule has 1 unspecified atom stereocenters. The number of likely N-dealkylation sites (tertiary alicyclic amines) is 1. The van der Waals surface area contributed by atoms with Gasteiger partial charge in [0.05, 0.1) is 0 Å². The van der Waals surface area contributed by atoms with Crippen molar-refractivity contribution in [1.82, 2.24) is 10.2 Å². The minimum absolute atomic E-state index is 0. The van der Waals surface area contributed by atoms with E-state index in [0.29, 0.717) is 39.0 Å². The molecular formula is C14H27ClN2O3S. The number of nitrogens with one attached hydrogen (secondary N) is 1. The molecule has 2 saturated heterocycles. The average Bonchev–Trinajstić information content (AvgIpc) is 2.81. The highest BCUT2D eigenvalue weighted by atomic mass is 35.5. The molecule has 0 radical (unpaired) electrons. The number of amides is 1. The molecule has 0 aliphatic carbocycles. The predicted octanol–water partition coefficient (Wildman–Crippen LogP) is 1.22. The summed E-state index contributed by atoms with van der Waals surface area (Å²) in [6.45, 7) is 6.87. The molecule has 7 heteroatoms. The first-order chi connectivity index (χ1) is 9.24. The molecule has 2 aliphatic heterocycles. The first kappa shape index (κ1) is 18.7. The first-order valence-corrected chi connectivity index (χ1v) is 9.33. The lowest BCUT2D eigenvalue weighted by Gasteiger charge is -2.37. The van der Waals surface area contributed by atoms with Gasteiger partial charge in [-0.1, -0.05) is 13.8 Å². The van der Waals surface area contributed by atoms with Gasteiger partial charge in [-0.25, -0.2) is 8.42 Å². The second-order valence-electron chi connectivity index (χ2n) is 6.66. The van der Waals surface area contributed by atoms with Crippen molar-refractivity contribution in [2.75, 3.05) is 32.4 Å². The van der Waals surface area contributed by atoms with Crippen molar-refractivity contribution in [1.29, 1.82) is 0 Å². The number of halogens is 1. The maximum absolute atomic E-state index is 12.9. The smallest absolute Gasteiger partial charge is 0.244 e. The highest BCUT2D eigenvalue weighted by molar-refractivity contribution is 7.92. The quantitative estimate of drug-likeness (QED) is 0.840. The monoisotopic (exact) mass is 338 g/mol. The lowest BCUT2D eigenvalue weighted by molar-refractivity contribution is -0.134. The molecule has 0 bridgehead atoms. The third-order valence-corrected chi connectivity index (χ3v) is 7.21. The van der Waals surface area contributed by atoms with Gasteiger partial charge in [0.2, 0.25) is 5.91 Å². The van der Waals surface area contributed by atoms with Crippen LogP contribution in [0.2, 0.25) is 0 Å². The Labute approximate surface area is 134 Å². The molecular weight excluding hydrogens is 312 g/mol. The first-order valence-electron chi connectivity index (χ1n) is 7.44. The lowest BCUT2D eigenvalue weighted by atomic mass is 9.87. The zero-order valence-corrected chi connectivity index (χ0v) is 14.8. The largest absolute Gasteiger partial charge is 0.341 e. The lowest BCUT2D eigenvalue weighted by Crippen LogP contribution is -2.58. The summed E-state index contributed by atoms with van der Waals surface area (Å²) in [5, 5.41) is 3.15. The van der Waals surface area contributed by atoms with Gasteiger partial charge in [-0.05, 0) is 44.2 Å². The van der Waals surface area contributed by atoms with E-state index >= 15 is 0 Å². The Balaban J connectivity index is 0.00000220. The van der Waals surface area contributed by atoms with Crippen LogP contribution in [0.15, 0.2) is 0 Å². The second kappa shape index (κ2) is 6.42. The number of hydrogen-bond donors (Lipinski definition) is 1. The van der Waals surface area contributed by atoms with Crippen LogP contribution in [0.1, 0.15) is 39.5 Å². The summed E-state index contributed by atoms with van der Waals surface area (Å²) in [5.41, 5.74) is 0.140. The van der Waals surface area contributed by atoms with E-state index in [1.54, 1.807) is 4.90 Å². The second-order valence-corrected chi connectivity index (χ2v) is 8.98. The van der Waals surface area contributed by atoms with Gasteiger partial charge >= 0.3 is 0 Å². The molecule has 2 fully saturated rings. The Morgan fingerprint density at radius 3 is 2.24 bits per heavy atom. The van der Waals surface area contributed by atoms with Crippen molar-refractivity contribution in [3.63, 3.8) is 0 Å². The van der Waals surface area contributed by atoms with Gasteiger partial charge in [0, 0.05) is 19.3 Å². The van der Waals surface area contributed by atoms with Crippen LogP contribution in [0.3, 0.4) is 0 Å². The molecule has 1 atom stereocenters. The molecule has 1 amide bonds.